The number of nitrogens with one attached hydrogen (secondary N) is 2. The number of benzene rings is 1. The van der Waals surface area contributed by atoms with E-state index >= 15 is 0 Å². The van der Waals surface area contributed by atoms with Crippen molar-refractivity contribution in [3.63, 3.8) is 0 Å². The normalized spacial score (nSPS) is 12.5. The molecule has 0 radical (unpaired) electrons. The minimum Gasteiger partial charge on any atom is -0.486 e. The van der Waals surface area contributed by atoms with E-state index in [1.807, 2.05) is 0 Å². The van der Waals surface area contributed by atoms with E-state index in [4.69, 9.17) is 9.47 Å². The monoisotopic (exact) mass is 306 g/mol. The van der Waals surface area contributed by atoms with Crippen molar-refractivity contribution in [2.45, 2.75) is 20.3 Å². The maximum absolute atomic E-state index is 11.9. The molecule has 2 N–H and O–H groups in total. The second-order valence-electron chi connectivity index (χ2n) is 4.88. The molecule has 22 heavy (non-hydrogen) atoms. The number of carbonyl (C=O) groups is 3. The minimum atomic E-state index is -0.298. The summed E-state index contributed by atoms with van der Waals surface area (Å²) in [5.74, 6) is 0.305. The van der Waals surface area contributed by atoms with E-state index in [-0.39, 0.29) is 30.6 Å². The summed E-state index contributed by atoms with van der Waals surface area (Å²) in [6, 6.07) is 3.15. The lowest BCUT2D eigenvalue weighted by atomic mass is 10.1. The Balaban J connectivity index is 2.13. The average Bonchev–Trinajstić information content (AvgIpc) is 2.45. The van der Waals surface area contributed by atoms with E-state index in [0.717, 1.165) is 0 Å². The summed E-state index contributed by atoms with van der Waals surface area (Å²) in [4.78, 5) is 34.4. The number of rotatable bonds is 5. The van der Waals surface area contributed by atoms with E-state index in [2.05, 4.69) is 10.6 Å². The summed E-state index contributed by atoms with van der Waals surface area (Å²) in [6.45, 7) is 3.88. The molecular formula is C15H18N2O5. The van der Waals surface area contributed by atoms with Gasteiger partial charge in [-0.15, -0.1) is 0 Å². The first-order valence-electron chi connectivity index (χ1n) is 6.96. The van der Waals surface area contributed by atoms with E-state index in [9.17, 15) is 14.4 Å². The molecule has 7 heteroatoms. The Morgan fingerprint density at radius 1 is 1.09 bits per heavy atom. The lowest BCUT2D eigenvalue weighted by Crippen LogP contribution is -2.25. The summed E-state index contributed by atoms with van der Waals surface area (Å²) >= 11 is 0. The van der Waals surface area contributed by atoms with Crippen molar-refractivity contribution < 1.29 is 23.9 Å². The number of ether oxygens (including phenoxy) is 2. The fraction of sp³-hybridized carbons (Fsp3) is 0.400. The first kappa shape index (κ1) is 15.8. The number of ketones is 1. The van der Waals surface area contributed by atoms with Crippen molar-refractivity contribution >= 4 is 23.3 Å². The molecule has 1 aliphatic rings. The van der Waals surface area contributed by atoms with Crippen molar-refractivity contribution in [1.82, 2.24) is 5.32 Å². The SMILES string of the molecule is CC(=O)NCCC(=O)Nc1cc2c(cc1C(C)=O)OCCO2. The van der Waals surface area contributed by atoms with Crippen LogP contribution < -0.4 is 20.1 Å². The molecule has 2 rings (SSSR count). The predicted molar refractivity (Wildman–Crippen MR) is 79.4 cm³/mol. The molecule has 0 fully saturated rings. The highest BCUT2D eigenvalue weighted by atomic mass is 16.6. The zero-order valence-electron chi connectivity index (χ0n) is 12.5. The van der Waals surface area contributed by atoms with Gasteiger partial charge in [-0.3, -0.25) is 14.4 Å². The molecule has 0 bridgehead atoms. The van der Waals surface area contributed by atoms with E-state index in [1.54, 1.807) is 12.1 Å². The number of carbonyl (C=O) groups excluding carboxylic acids is 3. The first-order chi connectivity index (χ1) is 10.5. The van der Waals surface area contributed by atoms with Gasteiger partial charge in [-0.25, -0.2) is 0 Å². The summed E-state index contributed by atoms with van der Waals surface area (Å²) in [5.41, 5.74) is 0.738. The topological polar surface area (TPSA) is 93.7 Å². The third-order valence-corrected chi connectivity index (χ3v) is 3.06. The van der Waals surface area contributed by atoms with Gasteiger partial charge < -0.3 is 20.1 Å². The van der Waals surface area contributed by atoms with Gasteiger partial charge in [0.25, 0.3) is 0 Å². The van der Waals surface area contributed by atoms with Crippen LogP contribution in [0.2, 0.25) is 0 Å². The van der Waals surface area contributed by atoms with Crippen LogP contribution in [0.15, 0.2) is 12.1 Å². The molecule has 0 aromatic heterocycles. The largest absolute Gasteiger partial charge is 0.486 e. The molecule has 0 aliphatic carbocycles. The van der Waals surface area contributed by atoms with Crippen molar-refractivity contribution in [3.8, 4) is 11.5 Å². The molecule has 1 aliphatic heterocycles. The van der Waals surface area contributed by atoms with Crippen molar-refractivity contribution in [3.05, 3.63) is 17.7 Å². The number of hydrogen-bond donors (Lipinski definition) is 2. The number of anilines is 1. The Hall–Kier alpha value is -2.57. The Morgan fingerprint density at radius 2 is 1.73 bits per heavy atom. The van der Waals surface area contributed by atoms with Crippen LogP contribution in [0.1, 0.15) is 30.6 Å². The van der Waals surface area contributed by atoms with Gasteiger partial charge in [0.2, 0.25) is 11.8 Å². The van der Waals surface area contributed by atoms with Crippen LogP contribution in [0.5, 0.6) is 11.5 Å². The van der Waals surface area contributed by atoms with E-state index < -0.39 is 0 Å². The fourth-order valence-electron chi connectivity index (χ4n) is 2.05. The van der Waals surface area contributed by atoms with Gasteiger partial charge in [0.05, 0.1) is 5.69 Å². The molecule has 1 heterocycles. The van der Waals surface area contributed by atoms with Crippen molar-refractivity contribution in [1.29, 1.82) is 0 Å². The minimum absolute atomic E-state index is 0.116. The second-order valence-corrected chi connectivity index (χ2v) is 4.88. The Bertz CT molecular complexity index is 612. The van der Waals surface area contributed by atoms with Gasteiger partial charge in [-0.05, 0) is 13.0 Å². The number of hydrogen-bond acceptors (Lipinski definition) is 5. The quantitative estimate of drug-likeness (QED) is 0.795. The van der Waals surface area contributed by atoms with Crippen LogP contribution in [0.4, 0.5) is 5.69 Å². The summed E-state index contributed by atoms with van der Waals surface area (Å²) < 4.78 is 10.9. The summed E-state index contributed by atoms with van der Waals surface area (Å²) in [7, 11) is 0. The lowest BCUT2D eigenvalue weighted by Gasteiger charge is -2.20. The molecule has 2 amide bonds. The van der Waals surface area contributed by atoms with Gasteiger partial charge in [0, 0.05) is 31.5 Å². The molecule has 7 nitrogen and oxygen atoms in total. The highest BCUT2D eigenvalue weighted by Gasteiger charge is 2.19. The molecular weight excluding hydrogens is 288 g/mol. The zero-order valence-corrected chi connectivity index (χ0v) is 12.5. The molecule has 0 unspecified atom stereocenters. The Morgan fingerprint density at radius 3 is 2.32 bits per heavy atom. The van der Waals surface area contributed by atoms with E-state index in [0.29, 0.717) is 36.0 Å². The van der Waals surface area contributed by atoms with Crippen molar-refractivity contribution in [2.75, 3.05) is 25.1 Å². The molecule has 118 valence electrons. The van der Waals surface area contributed by atoms with E-state index in [1.165, 1.54) is 13.8 Å². The third kappa shape index (κ3) is 3.97. The molecule has 1 aromatic rings. The van der Waals surface area contributed by atoms with Gasteiger partial charge in [-0.1, -0.05) is 0 Å². The number of Topliss-reactive ketones (excluding diaryl/α,β-unsaturated/α-hetero) is 1. The molecule has 0 atom stereocenters. The van der Waals surface area contributed by atoms with Gasteiger partial charge in [-0.2, -0.15) is 0 Å². The first-order valence-corrected chi connectivity index (χ1v) is 6.96. The van der Waals surface area contributed by atoms with Crippen molar-refractivity contribution in [2.24, 2.45) is 0 Å². The van der Waals surface area contributed by atoms with Crippen LogP contribution in [0, 0.1) is 0 Å². The van der Waals surface area contributed by atoms with Gasteiger partial charge in [0.1, 0.15) is 13.2 Å². The average molecular weight is 306 g/mol. The Kier molecular flexibility index (Phi) is 4.98. The van der Waals surface area contributed by atoms with Crippen LogP contribution >= 0.6 is 0 Å². The summed E-state index contributed by atoms with van der Waals surface area (Å²) in [6.07, 6.45) is 0.116. The number of amides is 2. The van der Waals surface area contributed by atoms with Crippen LogP contribution in [-0.4, -0.2) is 37.4 Å². The molecule has 0 saturated carbocycles. The van der Waals surface area contributed by atoms with Crippen LogP contribution in [0.25, 0.3) is 0 Å². The third-order valence-electron chi connectivity index (χ3n) is 3.06. The fourth-order valence-corrected chi connectivity index (χ4v) is 2.05. The Labute approximate surface area is 128 Å². The molecule has 0 saturated heterocycles. The van der Waals surface area contributed by atoms with Gasteiger partial charge >= 0.3 is 0 Å². The smallest absolute Gasteiger partial charge is 0.226 e. The maximum atomic E-state index is 11.9. The lowest BCUT2D eigenvalue weighted by molar-refractivity contribution is -0.119. The second kappa shape index (κ2) is 6.93. The standard InChI is InChI=1S/C15H18N2O5/c1-9(18)11-7-13-14(22-6-5-21-13)8-12(11)17-15(20)3-4-16-10(2)19/h7-8H,3-6H2,1-2H3,(H,16,19)(H,17,20). The zero-order chi connectivity index (χ0) is 16.1. The van der Waals surface area contributed by atoms with Crippen LogP contribution in [-0.2, 0) is 9.59 Å². The predicted octanol–water partition coefficient (Wildman–Crippen LogP) is 1.13. The highest BCUT2D eigenvalue weighted by molar-refractivity contribution is 6.04. The highest BCUT2D eigenvalue weighted by Crippen LogP contribution is 2.35. The molecule has 0 spiro atoms. The maximum Gasteiger partial charge on any atom is 0.226 e. The van der Waals surface area contributed by atoms with Crippen LogP contribution in [0.3, 0.4) is 0 Å². The van der Waals surface area contributed by atoms with Gasteiger partial charge in [0.15, 0.2) is 17.3 Å². The molecule has 1 aromatic carbocycles. The summed E-state index contributed by atoms with van der Waals surface area (Å²) in [5, 5.41) is 5.21. The number of fused-ring (bicyclic) bond motifs is 1.